The van der Waals surface area contributed by atoms with E-state index in [0.29, 0.717) is 12.0 Å². The number of amides is 2. The third-order valence-corrected chi connectivity index (χ3v) is 3.66. The second kappa shape index (κ2) is 6.24. The summed E-state index contributed by atoms with van der Waals surface area (Å²) >= 11 is 0. The summed E-state index contributed by atoms with van der Waals surface area (Å²) in [4.78, 5) is 25.6. The van der Waals surface area contributed by atoms with E-state index < -0.39 is 0 Å². The molecular weight excluding hydrogens is 278 g/mol. The molecule has 0 radical (unpaired) electrons. The number of hydrogen-bond acceptors (Lipinski definition) is 3. The smallest absolute Gasteiger partial charge is 0.254 e. The van der Waals surface area contributed by atoms with E-state index in [-0.39, 0.29) is 24.2 Å². The maximum Gasteiger partial charge on any atom is 0.254 e. The molecule has 0 atom stereocenters. The van der Waals surface area contributed by atoms with E-state index in [1.807, 2.05) is 17.0 Å². The van der Waals surface area contributed by atoms with Crippen LogP contribution in [0.15, 0.2) is 18.2 Å². The summed E-state index contributed by atoms with van der Waals surface area (Å²) in [6, 6.07) is 5.61. The van der Waals surface area contributed by atoms with Crippen LogP contribution in [-0.2, 0) is 11.2 Å². The van der Waals surface area contributed by atoms with Gasteiger partial charge in [0.2, 0.25) is 5.91 Å². The number of nitrogens with zero attached hydrogens (tertiary/aromatic N) is 1. The van der Waals surface area contributed by atoms with Gasteiger partial charge in [0.1, 0.15) is 0 Å². The van der Waals surface area contributed by atoms with Crippen LogP contribution in [-0.4, -0.2) is 42.9 Å². The molecule has 0 spiro atoms. The summed E-state index contributed by atoms with van der Waals surface area (Å²) in [5.74, 6) is 0.0726. The van der Waals surface area contributed by atoms with Crippen molar-refractivity contribution < 1.29 is 9.59 Å². The summed E-state index contributed by atoms with van der Waals surface area (Å²) in [6.45, 7) is 3.16. The van der Waals surface area contributed by atoms with E-state index in [1.165, 1.54) is 0 Å². The summed E-state index contributed by atoms with van der Waals surface area (Å²) in [6.07, 6.45) is 1.28. The zero-order chi connectivity index (χ0) is 13.2. The van der Waals surface area contributed by atoms with Crippen LogP contribution in [0.5, 0.6) is 0 Å². The molecule has 1 fully saturated rings. The normalized spacial score (nSPS) is 17.8. The van der Waals surface area contributed by atoms with Crippen molar-refractivity contribution in [2.75, 3.05) is 31.5 Å². The molecule has 0 aromatic heterocycles. The Hall–Kier alpha value is -1.59. The van der Waals surface area contributed by atoms with Crippen molar-refractivity contribution in [2.45, 2.75) is 12.8 Å². The first-order valence-electron chi connectivity index (χ1n) is 6.67. The first-order chi connectivity index (χ1) is 9.24. The number of carbonyl (C=O) groups is 2. The molecule has 1 aromatic carbocycles. The zero-order valence-electron chi connectivity index (χ0n) is 11.1. The van der Waals surface area contributed by atoms with Crippen LogP contribution in [0, 0.1) is 0 Å². The van der Waals surface area contributed by atoms with Crippen molar-refractivity contribution in [1.82, 2.24) is 10.2 Å². The lowest BCUT2D eigenvalue weighted by Crippen LogP contribution is -2.46. The molecule has 3 rings (SSSR count). The summed E-state index contributed by atoms with van der Waals surface area (Å²) in [5.41, 5.74) is 2.55. The van der Waals surface area contributed by atoms with E-state index in [0.717, 1.165) is 43.9 Å². The van der Waals surface area contributed by atoms with Crippen LogP contribution in [0.2, 0.25) is 0 Å². The van der Waals surface area contributed by atoms with Crippen LogP contribution in [0.4, 0.5) is 5.69 Å². The molecule has 2 aliphatic heterocycles. The quantitative estimate of drug-likeness (QED) is 0.814. The Morgan fingerprint density at radius 1 is 1.15 bits per heavy atom. The Balaban J connectivity index is 0.00000147. The van der Waals surface area contributed by atoms with E-state index in [4.69, 9.17) is 0 Å². The molecule has 1 aromatic rings. The average molecular weight is 296 g/mol. The van der Waals surface area contributed by atoms with Crippen molar-refractivity contribution in [2.24, 2.45) is 0 Å². The molecule has 20 heavy (non-hydrogen) atoms. The molecule has 0 bridgehead atoms. The first kappa shape index (κ1) is 14.8. The fourth-order valence-corrected chi connectivity index (χ4v) is 2.56. The fourth-order valence-electron chi connectivity index (χ4n) is 2.56. The summed E-state index contributed by atoms with van der Waals surface area (Å²) < 4.78 is 0. The maximum atomic E-state index is 12.4. The van der Waals surface area contributed by atoms with E-state index in [1.54, 1.807) is 6.07 Å². The van der Waals surface area contributed by atoms with Gasteiger partial charge in [-0.3, -0.25) is 9.59 Å². The number of rotatable bonds is 1. The zero-order valence-corrected chi connectivity index (χ0v) is 12.0. The van der Waals surface area contributed by atoms with Crippen LogP contribution >= 0.6 is 12.4 Å². The Labute approximate surface area is 124 Å². The largest absolute Gasteiger partial charge is 0.336 e. The molecule has 0 aliphatic carbocycles. The molecule has 1 saturated heterocycles. The van der Waals surface area contributed by atoms with Gasteiger partial charge in [-0.15, -0.1) is 12.4 Å². The fraction of sp³-hybridized carbons (Fsp3) is 0.429. The minimum atomic E-state index is 0. The monoisotopic (exact) mass is 295 g/mol. The Bertz CT molecular complexity index is 527. The molecule has 108 valence electrons. The van der Waals surface area contributed by atoms with Gasteiger partial charge in [-0.2, -0.15) is 0 Å². The number of piperazine rings is 1. The van der Waals surface area contributed by atoms with Gasteiger partial charge in [0, 0.05) is 43.9 Å². The van der Waals surface area contributed by atoms with Gasteiger partial charge in [-0.05, 0) is 24.1 Å². The first-order valence-corrected chi connectivity index (χ1v) is 6.67. The Morgan fingerprint density at radius 2 is 1.90 bits per heavy atom. The predicted molar refractivity (Wildman–Crippen MR) is 79.4 cm³/mol. The number of benzene rings is 1. The molecule has 0 saturated carbocycles. The number of fused-ring (bicyclic) bond motifs is 1. The van der Waals surface area contributed by atoms with Gasteiger partial charge in [0.05, 0.1) is 0 Å². The third-order valence-electron chi connectivity index (χ3n) is 3.66. The minimum absolute atomic E-state index is 0. The van der Waals surface area contributed by atoms with Gasteiger partial charge in [-0.1, -0.05) is 6.07 Å². The maximum absolute atomic E-state index is 12.4. The third kappa shape index (κ3) is 2.94. The van der Waals surface area contributed by atoms with Crippen molar-refractivity contribution in [3.63, 3.8) is 0 Å². The van der Waals surface area contributed by atoms with E-state index >= 15 is 0 Å². The van der Waals surface area contributed by atoms with Gasteiger partial charge in [-0.25, -0.2) is 0 Å². The highest BCUT2D eigenvalue weighted by Crippen LogP contribution is 2.24. The summed E-state index contributed by atoms with van der Waals surface area (Å²) in [7, 11) is 0. The predicted octanol–water partition coefficient (Wildman–Crippen LogP) is 1.04. The van der Waals surface area contributed by atoms with Crippen molar-refractivity contribution in [3.05, 3.63) is 29.3 Å². The number of hydrogen-bond donors (Lipinski definition) is 2. The molecule has 6 heteroatoms. The Morgan fingerprint density at radius 3 is 2.65 bits per heavy atom. The lowest BCUT2D eigenvalue weighted by Gasteiger charge is -2.28. The lowest BCUT2D eigenvalue weighted by atomic mass is 10.0. The molecule has 2 N–H and O–H groups in total. The molecule has 2 heterocycles. The number of anilines is 1. The number of halogens is 1. The lowest BCUT2D eigenvalue weighted by molar-refractivity contribution is -0.116. The van der Waals surface area contributed by atoms with Gasteiger partial charge in [0.25, 0.3) is 5.91 Å². The van der Waals surface area contributed by atoms with Gasteiger partial charge >= 0.3 is 0 Å². The Kier molecular flexibility index (Phi) is 4.62. The van der Waals surface area contributed by atoms with Gasteiger partial charge < -0.3 is 15.5 Å². The van der Waals surface area contributed by atoms with Crippen LogP contribution < -0.4 is 10.6 Å². The van der Waals surface area contributed by atoms with Crippen molar-refractivity contribution in [1.29, 1.82) is 0 Å². The SMILES string of the molecule is Cl.O=C1CCc2ccc(C(=O)N3CCNCC3)cc2N1. The van der Waals surface area contributed by atoms with E-state index in [9.17, 15) is 9.59 Å². The molecule has 2 amide bonds. The average Bonchev–Trinajstić information content (AvgIpc) is 2.46. The molecule has 5 nitrogen and oxygen atoms in total. The standard InChI is InChI=1S/C14H17N3O2.ClH/c18-13-4-3-10-1-2-11(9-12(10)16-13)14(19)17-7-5-15-6-8-17;/h1-2,9,15H,3-8H2,(H,16,18);1H. The van der Waals surface area contributed by atoms with Crippen LogP contribution in [0.3, 0.4) is 0 Å². The van der Waals surface area contributed by atoms with Crippen LogP contribution in [0.1, 0.15) is 22.3 Å². The highest BCUT2D eigenvalue weighted by atomic mass is 35.5. The second-order valence-electron chi connectivity index (χ2n) is 4.96. The van der Waals surface area contributed by atoms with Crippen molar-refractivity contribution >= 4 is 29.9 Å². The highest BCUT2D eigenvalue weighted by molar-refractivity contribution is 5.99. The highest BCUT2D eigenvalue weighted by Gasteiger charge is 2.20. The summed E-state index contributed by atoms with van der Waals surface area (Å²) in [5, 5.41) is 6.06. The van der Waals surface area contributed by atoms with E-state index in [2.05, 4.69) is 10.6 Å². The second-order valence-corrected chi connectivity index (χ2v) is 4.96. The molecule has 2 aliphatic rings. The van der Waals surface area contributed by atoms with Crippen molar-refractivity contribution in [3.8, 4) is 0 Å². The van der Waals surface area contributed by atoms with Crippen LogP contribution in [0.25, 0.3) is 0 Å². The number of nitrogens with one attached hydrogen (secondary N) is 2. The van der Waals surface area contributed by atoms with Gasteiger partial charge in [0.15, 0.2) is 0 Å². The number of carbonyl (C=O) groups excluding carboxylic acids is 2. The molecular formula is C14H18ClN3O2. The topological polar surface area (TPSA) is 61.4 Å². The number of aryl methyl sites for hydroxylation is 1. The minimum Gasteiger partial charge on any atom is -0.336 e. The molecule has 0 unspecified atom stereocenters.